The summed E-state index contributed by atoms with van der Waals surface area (Å²) in [5, 5.41) is 22.7. The minimum Gasteiger partial charge on any atom is -0.409 e. The first-order valence-electron chi connectivity index (χ1n) is 6.58. The molecule has 20 heavy (non-hydrogen) atoms. The van der Waals surface area contributed by atoms with E-state index in [4.69, 9.17) is 10.9 Å². The summed E-state index contributed by atoms with van der Waals surface area (Å²) in [4.78, 5) is 12.5. The van der Waals surface area contributed by atoms with Gasteiger partial charge in [0, 0.05) is 30.9 Å². The van der Waals surface area contributed by atoms with Crippen molar-refractivity contribution in [3.8, 4) is 0 Å². The molecule has 3 N–H and O–H groups in total. The highest BCUT2D eigenvalue weighted by Crippen LogP contribution is 2.33. The van der Waals surface area contributed by atoms with Crippen LogP contribution in [-0.4, -0.2) is 29.1 Å². The molecule has 0 radical (unpaired) electrons. The van der Waals surface area contributed by atoms with Crippen LogP contribution < -0.4 is 10.6 Å². The molecule has 1 aliphatic carbocycles. The largest absolute Gasteiger partial charge is 0.409 e. The lowest BCUT2D eigenvalue weighted by Gasteiger charge is -2.25. The van der Waals surface area contributed by atoms with Gasteiger partial charge in [0.1, 0.15) is 0 Å². The molecule has 1 saturated carbocycles. The topological polar surface area (TPSA) is 105 Å². The van der Waals surface area contributed by atoms with Crippen LogP contribution in [0, 0.1) is 16.0 Å². The van der Waals surface area contributed by atoms with E-state index in [1.807, 2.05) is 6.92 Å². The third-order valence-corrected chi connectivity index (χ3v) is 3.47. The number of hydrogen-bond acceptors (Lipinski definition) is 5. The van der Waals surface area contributed by atoms with Gasteiger partial charge < -0.3 is 15.8 Å². The van der Waals surface area contributed by atoms with E-state index in [2.05, 4.69) is 10.1 Å². The number of non-ortho nitro benzene ring substituents is 1. The lowest BCUT2D eigenvalue weighted by molar-refractivity contribution is -0.384. The van der Waals surface area contributed by atoms with E-state index in [0.717, 1.165) is 18.8 Å². The molecule has 0 spiro atoms. The number of nitrogens with zero attached hydrogens (tertiary/aromatic N) is 3. The molecule has 0 aromatic heterocycles. The van der Waals surface area contributed by atoms with Gasteiger partial charge in [-0.15, -0.1) is 0 Å². The van der Waals surface area contributed by atoms with Gasteiger partial charge in [-0.2, -0.15) is 0 Å². The van der Waals surface area contributed by atoms with Crippen molar-refractivity contribution in [1.82, 2.24) is 0 Å². The zero-order chi connectivity index (χ0) is 14.7. The van der Waals surface area contributed by atoms with E-state index in [1.54, 1.807) is 6.07 Å². The summed E-state index contributed by atoms with van der Waals surface area (Å²) in [5.41, 5.74) is 6.74. The van der Waals surface area contributed by atoms with Crippen LogP contribution in [0.2, 0.25) is 0 Å². The lowest BCUT2D eigenvalue weighted by atomic mass is 10.1. The smallest absolute Gasteiger partial charge is 0.270 e. The van der Waals surface area contributed by atoms with E-state index in [1.165, 1.54) is 25.0 Å². The van der Waals surface area contributed by atoms with Gasteiger partial charge in [-0.05, 0) is 31.7 Å². The first-order valence-corrected chi connectivity index (χ1v) is 6.58. The quantitative estimate of drug-likeness (QED) is 0.272. The van der Waals surface area contributed by atoms with Crippen LogP contribution in [0.5, 0.6) is 0 Å². The Morgan fingerprint density at radius 3 is 2.80 bits per heavy atom. The Kier molecular flexibility index (Phi) is 4.07. The van der Waals surface area contributed by atoms with Gasteiger partial charge in [0.25, 0.3) is 5.69 Å². The summed E-state index contributed by atoms with van der Waals surface area (Å²) < 4.78 is 0. The van der Waals surface area contributed by atoms with Crippen molar-refractivity contribution < 1.29 is 10.1 Å². The third-order valence-electron chi connectivity index (χ3n) is 3.47. The number of anilines is 1. The van der Waals surface area contributed by atoms with Crippen molar-refractivity contribution in [1.29, 1.82) is 0 Å². The Morgan fingerprint density at radius 2 is 2.30 bits per heavy atom. The van der Waals surface area contributed by atoms with Gasteiger partial charge in [0.2, 0.25) is 0 Å². The number of amidine groups is 1. The van der Waals surface area contributed by atoms with Gasteiger partial charge in [-0.1, -0.05) is 5.16 Å². The fraction of sp³-hybridized carbons (Fsp3) is 0.462. The minimum atomic E-state index is -0.491. The molecule has 0 unspecified atom stereocenters. The van der Waals surface area contributed by atoms with Crippen LogP contribution in [0.1, 0.15) is 25.3 Å². The lowest BCUT2D eigenvalue weighted by Crippen LogP contribution is -2.28. The molecule has 0 aliphatic heterocycles. The van der Waals surface area contributed by atoms with Crippen LogP contribution >= 0.6 is 0 Å². The molecule has 1 fully saturated rings. The molecule has 1 aromatic rings. The van der Waals surface area contributed by atoms with E-state index >= 15 is 0 Å². The number of nitro groups is 1. The van der Waals surface area contributed by atoms with E-state index in [9.17, 15) is 10.1 Å². The first kappa shape index (κ1) is 14.1. The molecule has 0 saturated heterocycles. The zero-order valence-corrected chi connectivity index (χ0v) is 11.3. The molecule has 108 valence electrons. The number of benzene rings is 1. The van der Waals surface area contributed by atoms with Crippen LogP contribution in [0.25, 0.3) is 0 Å². The normalized spacial score (nSPS) is 15.2. The number of nitro benzene ring substituents is 1. The van der Waals surface area contributed by atoms with Gasteiger partial charge in [0.15, 0.2) is 5.84 Å². The molecular formula is C13H18N4O3. The highest BCUT2D eigenvalue weighted by atomic mass is 16.6. The van der Waals surface area contributed by atoms with Crippen molar-refractivity contribution in [2.45, 2.75) is 19.8 Å². The average Bonchev–Trinajstić information content (AvgIpc) is 3.27. The second-order valence-electron chi connectivity index (χ2n) is 4.93. The standard InChI is InChI=1S/C13H18N4O3/c1-2-16(8-9-3-4-9)12-6-5-10(17(19)20)7-11(12)13(14)15-18/h5-7,9,18H,2-4,8H2,1H3,(H2,14,15). The summed E-state index contributed by atoms with van der Waals surface area (Å²) in [6.45, 7) is 3.67. The van der Waals surface area contributed by atoms with E-state index in [-0.39, 0.29) is 11.5 Å². The van der Waals surface area contributed by atoms with Crippen molar-refractivity contribution in [2.24, 2.45) is 16.8 Å². The molecule has 2 rings (SSSR count). The zero-order valence-electron chi connectivity index (χ0n) is 11.3. The second-order valence-corrected chi connectivity index (χ2v) is 4.93. The molecule has 0 amide bonds. The molecule has 0 heterocycles. The Morgan fingerprint density at radius 1 is 1.60 bits per heavy atom. The van der Waals surface area contributed by atoms with Crippen LogP contribution in [-0.2, 0) is 0 Å². The third kappa shape index (κ3) is 2.98. The number of nitrogens with two attached hydrogens (primary N) is 1. The minimum absolute atomic E-state index is 0.0715. The monoisotopic (exact) mass is 278 g/mol. The Labute approximate surface area is 116 Å². The Hall–Kier alpha value is -2.31. The van der Waals surface area contributed by atoms with Crippen molar-refractivity contribution >= 4 is 17.2 Å². The highest BCUT2D eigenvalue weighted by Gasteiger charge is 2.26. The Bertz CT molecular complexity index is 540. The highest BCUT2D eigenvalue weighted by molar-refractivity contribution is 6.02. The summed E-state index contributed by atoms with van der Waals surface area (Å²) in [6, 6.07) is 4.45. The maximum absolute atomic E-state index is 10.9. The molecule has 7 nitrogen and oxygen atoms in total. The summed E-state index contributed by atoms with van der Waals surface area (Å²) in [5.74, 6) is 0.559. The molecular weight excluding hydrogens is 260 g/mol. The summed E-state index contributed by atoms with van der Waals surface area (Å²) in [6.07, 6.45) is 2.42. The van der Waals surface area contributed by atoms with Crippen LogP contribution in [0.4, 0.5) is 11.4 Å². The van der Waals surface area contributed by atoms with Crippen molar-refractivity contribution in [3.63, 3.8) is 0 Å². The first-order chi connectivity index (χ1) is 9.56. The van der Waals surface area contributed by atoms with Gasteiger partial charge in [-0.25, -0.2) is 0 Å². The molecule has 7 heteroatoms. The maximum Gasteiger partial charge on any atom is 0.270 e. The number of oxime groups is 1. The summed E-state index contributed by atoms with van der Waals surface area (Å²) >= 11 is 0. The number of hydrogen-bond donors (Lipinski definition) is 2. The predicted molar refractivity (Wildman–Crippen MR) is 76.2 cm³/mol. The van der Waals surface area contributed by atoms with Gasteiger partial charge in [-0.3, -0.25) is 10.1 Å². The van der Waals surface area contributed by atoms with Crippen LogP contribution in [0.15, 0.2) is 23.4 Å². The number of rotatable bonds is 6. The van der Waals surface area contributed by atoms with Gasteiger partial charge >= 0.3 is 0 Å². The fourth-order valence-electron chi connectivity index (χ4n) is 2.18. The maximum atomic E-state index is 10.9. The van der Waals surface area contributed by atoms with E-state index in [0.29, 0.717) is 11.5 Å². The molecule has 1 aliphatic rings. The average molecular weight is 278 g/mol. The SMILES string of the molecule is CCN(CC1CC1)c1ccc([N+](=O)[O-])cc1C(N)=NO. The molecule has 0 bridgehead atoms. The van der Waals surface area contributed by atoms with E-state index < -0.39 is 4.92 Å². The summed E-state index contributed by atoms with van der Waals surface area (Å²) in [7, 11) is 0. The van der Waals surface area contributed by atoms with Gasteiger partial charge in [0.05, 0.1) is 10.5 Å². The molecule has 0 atom stereocenters. The van der Waals surface area contributed by atoms with Crippen molar-refractivity contribution in [2.75, 3.05) is 18.0 Å². The van der Waals surface area contributed by atoms with Crippen LogP contribution in [0.3, 0.4) is 0 Å². The Balaban J connectivity index is 2.41. The van der Waals surface area contributed by atoms with Crippen molar-refractivity contribution in [3.05, 3.63) is 33.9 Å². The predicted octanol–water partition coefficient (Wildman–Crippen LogP) is 1.93. The molecule has 1 aromatic carbocycles. The fourth-order valence-corrected chi connectivity index (χ4v) is 2.18. The second kappa shape index (κ2) is 5.77.